The standard InChI is InChI=1S/C13H17N5S/c1-9-11-5-7-19-12(11)4-6-17(9)8-13-14-15-16-18(13)10-2-3-10/h5,7,9-10H,2-4,6,8H2,1H3/t9-/m0/s1. The molecular weight excluding hydrogens is 258 g/mol. The van der Waals surface area contributed by atoms with E-state index in [1.807, 2.05) is 16.0 Å². The minimum Gasteiger partial charge on any atom is -0.289 e. The van der Waals surface area contributed by atoms with E-state index in [0.717, 1.165) is 25.3 Å². The molecule has 0 unspecified atom stereocenters. The van der Waals surface area contributed by atoms with Crippen molar-refractivity contribution < 1.29 is 0 Å². The first-order valence-corrected chi connectivity index (χ1v) is 7.78. The average Bonchev–Trinajstić information content (AvgIpc) is 2.97. The molecule has 100 valence electrons. The van der Waals surface area contributed by atoms with Crippen LogP contribution in [-0.2, 0) is 13.0 Å². The lowest BCUT2D eigenvalue weighted by molar-refractivity contribution is 0.183. The molecule has 0 saturated heterocycles. The average molecular weight is 275 g/mol. The van der Waals surface area contributed by atoms with Crippen molar-refractivity contribution in [1.29, 1.82) is 0 Å². The normalized spacial score (nSPS) is 23.5. The van der Waals surface area contributed by atoms with Crippen molar-refractivity contribution in [2.45, 2.75) is 44.8 Å². The van der Waals surface area contributed by atoms with Gasteiger partial charge < -0.3 is 0 Å². The molecule has 2 aliphatic rings. The first-order valence-electron chi connectivity index (χ1n) is 6.90. The van der Waals surface area contributed by atoms with Gasteiger partial charge in [-0.1, -0.05) is 0 Å². The van der Waals surface area contributed by atoms with Crippen LogP contribution in [-0.4, -0.2) is 31.7 Å². The third-order valence-corrected chi connectivity index (χ3v) is 5.20. The minimum absolute atomic E-state index is 0.472. The van der Waals surface area contributed by atoms with Crippen LogP contribution in [0.3, 0.4) is 0 Å². The van der Waals surface area contributed by atoms with Crippen LogP contribution in [0.15, 0.2) is 11.4 Å². The molecule has 19 heavy (non-hydrogen) atoms. The highest BCUT2D eigenvalue weighted by Gasteiger charge is 2.30. The highest BCUT2D eigenvalue weighted by atomic mass is 32.1. The van der Waals surface area contributed by atoms with Crippen LogP contribution in [0.25, 0.3) is 0 Å². The Morgan fingerprint density at radius 3 is 3.16 bits per heavy atom. The lowest BCUT2D eigenvalue weighted by atomic mass is 10.0. The van der Waals surface area contributed by atoms with Gasteiger partial charge >= 0.3 is 0 Å². The molecule has 6 heteroatoms. The van der Waals surface area contributed by atoms with Crippen LogP contribution in [0, 0.1) is 0 Å². The zero-order valence-corrected chi connectivity index (χ0v) is 11.8. The summed E-state index contributed by atoms with van der Waals surface area (Å²) in [6.45, 7) is 4.25. The summed E-state index contributed by atoms with van der Waals surface area (Å²) in [5.41, 5.74) is 1.49. The van der Waals surface area contributed by atoms with Gasteiger partial charge in [0.2, 0.25) is 0 Å². The minimum atomic E-state index is 0.472. The molecular formula is C13H17N5S. The maximum absolute atomic E-state index is 4.21. The molecule has 0 amide bonds. The van der Waals surface area contributed by atoms with Gasteiger partial charge in [0.05, 0.1) is 12.6 Å². The Labute approximate surface area is 116 Å². The molecule has 2 aromatic rings. The summed E-state index contributed by atoms with van der Waals surface area (Å²) in [6.07, 6.45) is 3.60. The lowest BCUT2D eigenvalue weighted by Crippen LogP contribution is -2.33. The first kappa shape index (κ1) is 11.5. The number of tetrazole rings is 1. The molecule has 3 heterocycles. The number of hydrogen-bond donors (Lipinski definition) is 0. The van der Waals surface area contributed by atoms with E-state index in [9.17, 15) is 0 Å². The highest BCUT2D eigenvalue weighted by Crippen LogP contribution is 2.36. The zero-order valence-electron chi connectivity index (χ0n) is 11.0. The Morgan fingerprint density at radius 1 is 1.42 bits per heavy atom. The number of nitrogens with zero attached hydrogens (tertiary/aromatic N) is 5. The van der Waals surface area contributed by atoms with Crippen LogP contribution in [0.5, 0.6) is 0 Å². The topological polar surface area (TPSA) is 46.8 Å². The molecule has 5 nitrogen and oxygen atoms in total. The number of aromatic nitrogens is 4. The molecule has 0 aromatic carbocycles. The number of thiophene rings is 1. The van der Waals surface area contributed by atoms with E-state index in [1.54, 1.807) is 4.88 Å². The van der Waals surface area contributed by atoms with E-state index in [1.165, 1.54) is 18.4 Å². The van der Waals surface area contributed by atoms with Gasteiger partial charge in [0.25, 0.3) is 0 Å². The van der Waals surface area contributed by atoms with Crippen LogP contribution in [0.1, 0.15) is 48.1 Å². The van der Waals surface area contributed by atoms with Gasteiger partial charge in [0.15, 0.2) is 5.82 Å². The monoisotopic (exact) mass is 275 g/mol. The fourth-order valence-electron chi connectivity index (χ4n) is 2.88. The number of hydrogen-bond acceptors (Lipinski definition) is 5. The van der Waals surface area contributed by atoms with Crippen LogP contribution < -0.4 is 0 Å². The first-order chi connectivity index (χ1) is 9.33. The van der Waals surface area contributed by atoms with E-state index in [0.29, 0.717) is 12.1 Å². The summed E-state index contributed by atoms with van der Waals surface area (Å²) in [5, 5.41) is 14.4. The van der Waals surface area contributed by atoms with Crippen molar-refractivity contribution in [3.63, 3.8) is 0 Å². The van der Waals surface area contributed by atoms with Crippen molar-refractivity contribution in [3.05, 3.63) is 27.7 Å². The molecule has 0 spiro atoms. The van der Waals surface area contributed by atoms with Gasteiger partial charge in [0, 0.05) is 17.5 Å². The van der Waals surface area contributed by atoms with Gasteiger partial charge in [-0.3, -0.25) is 4.90 Å². The Hall–Kier alpha value is -1.27. The van der Waals surface area contributed by atoms with Crippen LogP contribution >= 0.6 is 11.3 Å². The molecule has 2 aromatic heterocycles. The molecule has 1 fully saturated rings. The Balaban J connectivity index is 1.56. The maximum Gasteiger partial charge on any atom is 0.165 e. The maximum atomic E-state index is 4.21. The summed E-state index contributed by atoms with van der Waals surface area (Å²) >= 11 is 1.88. The van der Waals surface area contributed by atoms with Crippen LogP contribution in [0.4, 0.5) is 0 Å². The van der Waals surface area contributed by atoms with Crippen LogP contribution in [0.2, 0.25) is 0 Å². The van der Waals surface area contributed by atoms with E-state index in [-0.39, 0.29) is 0 Å². The zero-order chi connectivity index (χ0) is 12.8. The third kappa shape index (κ3) is 1.99. The van der Waals surface area contributed by atoms with E-state index >= 15 is 0 Å². The number of rotatable bonds is 3. The Morgan fingerprint density at radius 2 is 2.32 bits per heavy atom. The molecule has 1 atom stereocenters. The summed E-state index contributed by atoms with van der Waals surface area (Å²) in [6, 6.07) is 3.29. The molecule has 1 aliphatic heterocycles. The highest BCUT2D eigenvalue weighted by molar-refractivity contribution is 7.10. The Kier molecular flexibility index (Phi) is 2.66. The Bertz CT molecular complexity index is 585. The van der Waals surface area contributed by atoms with E-state index in [2.05, 4.69) is 38.8 Å². The SMILES string of the molecule is C[C@H]1c2ccsc2CCN1Cc1nnnn1C1CC1. The second kappa shape index (κ2) is 4.38. The summed E-state index contributed by atoms with van der Waals surface area (Å²) in [4.78, 5) is 4.03. The van der Waals surface area contributed by atoms with Gasteiger partial charge in [-0.25, -0.2) is 4.68 Å². The van der Waals surface area contributed by atoms with Crippen molar-refractivity contribution in [2.24, 2.45) is 0 Å². The van der Waals surface area contributed by atoms with E-state index < -0.39 is 0 Å². The predicted octanol–water partition coefficient (Wildman–Crippen LogP) is 2.19. The van der Waals surface area contributed by atoms with Crippen molar-refractivity contribution in [2.75, 3.05) is 6.54 Å². The molecule has 1 aliphatic carbocycles. The third-order valence-electron chi connectivity index (χ3n) is 4.20. The van der Waals surface area contributed by atoms with Gasteiger partial charge in [-0.2, -0.15) is 0 Å². The second-order valence-corrected chi connectivity index (χ2v) is 6.47. The van der Waals surface area contributed by atoms with Crippen molar-refractivity contribution in [3.8, 4) is 0 Å². The quantitative estimate of drug-likeness (QED) is 0.861. The summed E-state index contributed by atoms with van der Waals surface area (Å²) < 4.78 is 2.02. The largest absolute Gasteiger partial charge is 0.289 e. The fraction of sp³-hybridized carbons (Fsp3) is 0.615. The molecule has 1 saturated carbocycles. The molecule has 0 radical (unpaired) electrons. The summed E-state index contributed by atoms with van der Waals surface area (Å²) in [5.74, 6) is 1.02. The molecule has 0 bridgehead atoms. The predicted molar refractivity (Wildman–Crippen MR) is 72.9 cm³/mol. The van der Waals surface area contributed by atoms with Gasteiger partial charge in [-0.15, -0.1) is 16.4 Å². The second-order valence-electron chi connectivity index (χ2n) is 5.47. The van der Waals surface area contributed by atoms with Gasteiger partial charge in [-0.05, 0) is 53.6 Å². The smallest absolute Gasteiger partial charge is 0.165 e. The summed E-state index contributed by atoms with van der Waals surface area (Å²) in [7, 11) is 0. The van der Waals surface area contributed by atoms with E-state index in [4.69, 9.17) is 0 Å². The number of fused-ring (bicyclic) bond motifs is 1. The van der Waals surface area contributed by atoms with Gasteiger partial charge in [0.1, 0.15) is 0 Å². The lowest BCUT2D eigenvalue weighted by Gasteiger charge is -2.32. The molecule has 0 N–H and O–H groups in total. The van der Waals surface area contributed by atoms with Crippen molar-refractivity contribution in [1.82, 2.24) is 25.1 Å². The van der Waals surface area contributed by atoms with Crippen molar-refractivity contribution >= 4 is 11.3 Å². The fourth-order valence-corrected chi connectivity index (χ4v) is 3.84. The molecule has 4 rings (SSSR count).